The Labute approximate surface area is 211 Å². The Morgan fingerprint density at radius 3 is 2.72 bits per heavy atom. The first-order valence-corrected chi connectivity index (χ1v) is 12.4. The number of amides is 3. The van der Waals surface area contributed by atoms with E-state index in [1.54, 1.807) is 21.0 Å². The van der Waals surface area contributed by atoms with Crippen molar-refractivity contribution >= 4 is 35.5 Å². The van der Waals surface area contributed by atoms with Gasteiger partial charge in [-0.3, -0.25) is 14.4 Å². The lowest BCUT2D eigenvalue weighted by Gasteiger charge is -2.47. The van der Waals surface area contributed by atoms with Crippen LogP contribution in [0.1, 0.15) is 20.3 Å². The van der Waals surface area contributed by atoms with E-state index in [1.165, 1.54) is 33.4 Å². The quantitative estimate of drug-likeness (QED) is 0.323. The summed E-state index contributed by atoms with van der Waals surface area (Å²) in [6.45, 7) is 4.01. The first-order valence-electron chi connectivity index (χ1n) is 11.6. The highest BCUT2D eigenvalue weighted by atomic mass is 32.2. The summed E-state index contributed by atoms with van der Waals surface area (Å²) in [5.41, 5.74) is -0.00177. The Kier molecular flexibility index (Phi) is 7.22. The van der Waals surface area contributed by atoms with Crippen LogP contribution in [0.3, 0.4) is 0 Å². The summed E-state index contributed by atoms with van der Waals surface area (Å²) >= 11 is 1.42. The molecule has 4 heterocycles. The molecule has 3 amide bonds. The van der Waals surface area contributed by atoms with Crippen molar-refractivity contribution in [1.29, 1.82) is 0 Å². The summed E-state index contributed by atoms with van der Waals surface area (Å²) in [4.78, 5) is 53.6. The molecule has 3 aliphatic heterocycles. The highest BCUT2D eigenvalue weighted by Crippen LogP contribution is 2.51. The maximum atomic E-state index is 13.1. The normalized spacial score (nSPS) is 28.0. The van der Waals surface area contributed by atoms with Crippen LogP contribution < -0.4 is 15.4 Å². The molecule has 6 atom stereocenters. The molecule has 0 saturated carbocycles. The molecule has 2 saturated heterocycles. The number of carbonyl (C=O) groups is 4. The Balaban J connectivity index is 1.43. The van der Waals surface area contributed by atoms with E-state index >= 15 is 0 Å². The number of likely N-dealkylation sites (N-methyl/N-ethyl adjacent to an activating group) is 1. The Hall–Kier alpha value is -3.20. The standard InChI is InChI=1S/C21H30N8O6S/c1-9-15-14(10(2)23-13(30)8-28-21(35-5)24-25-26-28)19(32)29(15)16(20(33)34)17(9)36-11-6-12(22-7-11)18(31)27(3)4/h9-12,14-15,22H,6-8H2,1-5H3,(H,23,30)(H,33,34)/t9-,10-,11+,12+,14-,15-/m1/s1. The van der Waals surface area contributed by atoms with Gasteiger partial charge in [0, 0.05) is 42.8 Å². The van der Waals surface area contributed by atoms with Gasteiger partial charge in [-0.25, -0.2) is 4.79 Å². The minimum Gasteiger partial charge on any atom is -0.477 e. The molecule has 0 radical (unpaired) electrons. The van der Waals surface area contributed by atoms with Crippen LogP contribution in [0, 0.1) is 11.8 Å². The van der Waals surface area contributed by atoms with Crippen molar-refractivity contribution in [2.24, 2.45) is 11.8 Å². The van der Waals surface area contributed by atoms with Crippen molar-refractivity contribution in [1.82, 2.24) is 40.6 Å². The van der Waals surface area contributed by atoms with Gasteiger partial charge in [-0.15, -0.1) is 11.8 Å². The summed E-state index contributed by atoms with van der Waals surface area (Å²) in [6, 6.07) is -1.15. The predicted octanol–water partition coefficient (Wildman–Crippen LogP) is -1.49. The van der Waals surface area contributed by atoms with Crippen LogP contribution in [0.4, 0.5) is 0 Å². The number of methoxy groups -OCH3 is 1. The largest absolute Gasteiger partial charge is 0.477 e. The molecule has 3 N–H and O–H groups in total. The van der Waals surface area contributed by atoms with Crippen LogP contribution in [0.15, 0.2) is 10.6 Å². The smallest absolute Gasteiger partial charge is 0.353 e. The number of rotatable bonds is 9. The summed E-state index contributed by atoms with van der Waals surface area (Å²) in [6.07, 6.45) is 0.569. The predicted molar refractivity (Wildman–Crippen MR) is 126 cm³/mol. The minimum atomic E-state index is -1.16. The van der Waals surface area contributed by atoms with Crippen LogP contribution in [0.2, 0.25) is 0 Å². The molecular formula is C21H30N8O6S. The second kappa shape index (κ2) is 10.0. The molecule has 0 aromatic carbocycles. The molecule has 36 heavy (non-hydrogen) atoms. The number of carboxylic acid groups (broad SMARTS) is 1. The third kappa shape index (κ3) is 4.52. The first-order chi connectivity index (χ1) is 17.0. The van der Waals surface area contributed by atoms with Crippen molar-refractivity contribution in [2.75, 3.05) is 27.7 Å². The number of nitrogens with zero attached hydrogens (tertiary/aromatic N) is 6. The molecule has 3 aliphatic rings. The number of β-lactam (4-membered cyclic amide) rings is 1. The number of hydrogen-bond donors (Lipinski definition) is 3. The molecule has 1 aromatic rings. The number of carboxylic acids is 1. The summed E-state index contributed by atoms with van der Waals surface area (Å²) in [5.74, 6) is -2.72. The number of carbonyl (C=O) groups excluding carboxylic acids is 3. The lowest BCUT2D eigenvalue weighted by atomic mass is 9.78. The lowest BCUT2D eigenvalue weighted by Crippen LogP contribution is -2.66. The number of tetrazole rings is 1. The summed E-state index contributed by atoms with van der Waals surface area (Å²) in [7, 11) is 4.78. The van der Waals surface area contributed by atoms with E-state index < -0.39 is 23.8 Å². The number of fused-ring (bicyclic) bond motifs is 1. The first kappa shape index (κ1) is 25.9. The maximum absolute atomic E-state index is 13.1. The molecule has 0 aliphatic carbocycles. The van der Waals surface area contributed by atoms with Crippen molar-refractivity contribution in [3.63, 3.8) is 0 Å². The van der Waals surface area contributed by atoms with Crippen LogP contribution in [-0.4, -0.2) is 110 Å². The summed E-state index contributed by atoms with van der Waals surface area (Å²) < 4.78 is 6.18. The van der Waals surface area contributed by atoms with E-state index in [9.17, 15) is 24.3 Å². The van der Waals surface area contributed by atoms with E-state index in [2.05, 4.69) is 26.2 Å². The molecular weight excluding hydrogens is 492 g/mol. The van der Waals surface area contributed by atoms with Crippen molar-refractivity contribution in [3.8, 4) is 6.01 Å². The van der Waals surface area contributed by atoms with Crippen LogP contribution in [-0.2, 0) is 25.7 Å². The van der Waals surface area contributed by atoms with Crippen LogP contribution in [0.25, 0.3) is 0 Å². The zero-order chi connectivity index (χ0) is 26.3. The van der Waals surface area contributed by atoms with Gasteiger partial charge in [-0.05, 0) is 23.8 Å². The number of hydrogen-bond acceptors (Lipinski definition) is 10. The minimum absolute atomic E-state index is 0.00125. The van der Waals surface area contributed by atoms with E-state index in [0.717, 1.165) is 0 Å². The third-order valence-electron chi connectivity index (χ3n) is 6.82. The Morgan fingerprint density at radius 1 is 1.36 bits per heavy atom. The molecule has 2 fully saturated rings. The fraction of sp³-hybridized carbons (Fsp3) is 0.667. The van der Waals surface area contributed by atoms with E-state index in [1.807, 2.05) is 6.92 Å². The molecule has 0 bridgehead atoms. The number of thioether (sulfide) groups is 1. The molecule has 0 spiro atoms. The van der Waals surface area contributed by atoms with Gasteiger partial charge in [-0.2, -0.15) is 4.68 Å². The molecule has 15 heteroatoms. The van der Waals surface area contributed by atoms with E-state index in [-0.39, 0.29) is 53.3 Å². The van der Waals surface area contributed by atoms with Gasteiger partial charge in [0.15, 0.2) is 0 Å². The van der Waals surface area contributed by atoms with Gasteiger partial charge >= 0.3 is 12.0 Å². The maximum Gasteiger partial charge on any atom is 0.353 e. The monoisotopic (exact) mass is 522 g/mol. The number of nitrogens with one attached hydrogen (secondary N) is 2. The van der Waals surface area contributed by atoms with Crippen molar-refractivity contribution < 1.29 is 29.0 Å². The Bertz CT molecular complexity index is 1110. The number of aliphatic carboxylic acids is 1. The fourth-order valence-electron chi connectivity index (χ4n) is 5.14. The molecule has 14 nitrogen and oxygen atoms in total. The zero-order valence-corrected chi connectivity index (χ0v) is 21.5. The highest BCUT2D eigenvalue weighted by molar-refractivity contribution is 8.03. The van der Waals surface area contributed by atoms with Gasteiger partial charge < -0.3 is 30.3 Å². The zero-order valence-electron chi connectivity index (χ0n) is 20.7. The van der Waals surface area contributed by atoms with Crippen molar-refractivity contribution in [2.45, 2.75) is 50.2 Å². The average molecular weight is 523 g/mol. The van der Waals surface area contributed by atoms with Gasteiger partial charge in [0.25, 0.3) is 0 Å². The van der Waals surface area contributed by atoms with Crippen LogP contribution in [0.5, 0.6) is 6.01 Å². The Morgan fingerprint density at radius 2 is 2.08 bits per heavy atom. The third-order valence-corrected chi connectivity index (χ3v) is 8.33. The fourth-order valence-corrected chi connectivity index (χ4v) is 6.61. The number of aromatic nitrogens is 4. The van der Waals surface area contributed by atoms with Gasteiger partial charge in [0.05, 0.1) is 25.1 Å². The second-order valence-corrected chi connectivity index (χ2v) is 10.7. The molecule has 1 aromatic heterocycles. The molecule has 196 valence electrons. The topological polar surface area (TPSA) is 172 Å². The SMILES string of the molecule is COc1nnnn1CC(=O)N[C@H](C)[C@H]1C(=O)N2C(C(=O)O)=C(S[C@@H]3CN[C@H](C(=O)N(C)C)C3)[C@H](C)[C@H]12. The molecule has 4 rings (SSSR count). The van der Waals surface area contributed by atoms with E-state index in [0.29, 0.717) is 17.9 Å². The van der Waals surface area contributed by atoms with Gasteiger partial charge in [0.1, 0.15) is 12.2 Å². The van der Waals surface area contributed by atoms with Crippen molar-refractivity contribution in [3.05, 3.63) is 10.6 Å². The molecule has 0 unspecified atom stereocenters. The van der Waals surface area contributed by atoms with Gasteiger partial charge in [0.2, 0.25) is 17.7 Å². The second-order valence-electron chi connectivity index (χ2n) is 9.38. The highest BCUT2D eigenvalue weighted by Gasteiger charge is 2.60. The summed E-state index contributed by atoms with van der Waals surface area (Å²) in [5, 5.41) is 26.8. The van der Waals surface area contributed by atoms with E-state index in [4.69, 9.17) is 4.74 Å². The lowest BCUT2D eigenvalue weighted by molar-refractivity contribution is -0.158. The van der Waals surface area contributed by atoms with Gasteiger partial charge in [-0.1, -0.05) is 12.0 Å². The average Bonchev–Trinajstić information content (AvgIpc) is 3.51. The van der Waals surface area contributed by atoms with Crippen LogP contribution >= 0.6 is 11.8 Å². The number of ether oxygens (including phenoxy) is 1.